The lowest BCUT2D eigenvalue weighted by Gasteiger charge is -2.08. The lowest BCUT2D eigenvalue weighted by Crippen LogP contribution is -2.10. The molecule has 1 aromatic heterocycles. The Kier molecular flexibility index (Phi) is 4.31. The van der Waals surface area contributed by atoms with E-state index in [9.17, 15) is 14.7 Å². The number of carboxylic acids is 1. The van der Waals surface area contributed by atoms with Gasteiger partial charge in [0.1, 0.15) is 5.69 Å². The lowest BCUT2D eigenvalue weighted by atomic mass is 10.0. The number of aliphatic carboxylic acids is 1. The van der Waals surface area contributed by atoms with Crippen LogP contribution in [0.2, 0.25) is 0 Å². The summed E-state index contributed by atoms with van der Waals surface area (Å²) in [4.78, 5) is 25.2. The first-order valence-corrected chi connectivity index (χ1v) is 8.93. The van der Waals surface area contributed by atoms with Crippen LogP contribution >= 0.6 is 11.8 Å². The number of carbonyl (C=O) groups is 2. The fourth-order valence-electron chi connectivity index (χ4n) is 3.15. The highest BCUT2D eigenvalue weighted by molar-refractivity contribution is 7.98. The molecular weight excluding hydrogens is 310 g/mol. The maximum absolute atomic E-state index is 12.9. The molecule has 23 heavy (non-hydrogen) atoms. The van der Waals surface area contributed by atoms with Gasteiger partial charge in [-0.15, -0.1) is 11.8 Å². The van der Waals surface area contributed by atoms with E-state index in [4.69, 9.17) is 0 Å². The second-order valence-corrected chi connectivity index (χ2v) is 6.54. The van der Waals surface area contributed by atoms with Crippen molar-refractivity contribution in [2.45, 2.75) is 37.1 Å². The van der Waals surface area contributed by atoms with E-state index >= 15 is 0 Å². The molecule has 0 saturated heterocycles. The molecule has 0 saturated carbocycles. The zero-order valence-electron chi connectivity index (χ0n) is 13.2. The van der Waals surface area contributed by atoms with Gasteiger partial charge in [0, 0.05) is 22.7 Å². The minimum absolute atomic E-state index is 0.0331. The molecule has 1 N–H and O–H groups in total. The zero-order valence-corrected chi connectivity index (χ0v) is 14.0. The molecule has 3 rings (SSSR count). The maximum atomic E-state index is 12.9. The fourth-order valence-corrected chi connectivity index (χ4v) is 3.78. The third-order valence-electron chi connectivity index (χ3n) is 4.45. The largest absolute Gasteiger partial charge is 0.481 e. The average molecular weight is 329 g/mol. The van der Waals surface area contributed by atoms with Crippen LogP contribution in [0.5, 0.6) is 0 Å². The molecule has 1 aliphatic rings. The summed E-state index contributed by atoms with van der Waals surface area (Å²) in [6.45, 7) is 2.66. The molecule has 1 aliphatic heterocycles. The quantitative estimate of drug-likeness (QED) is 0.673. The SMILES string of the molecule is CCc1ccc(C(=O)c2c(SC)cc3n2CCC3C(=O)O)cc1. The predicted octanol–water partition coefficient (Wildman–Crippen LogP) is 3.58. The van der Waals surface area contributed by atoms with Gasteiger partial charge in [-0.25, -0.2) is 0 Å². The average Bonchev–Trinajstić information content (AvgIpc) is 3.12. The van der Waals surface area contributed by atoms with Crippen molar-refractivity contribution in [2.24, 2.45) is 0 Å². The van der Waals surface area contributed by atoms with Crippen molar-refractivity contribution in [1.29, 1.82) is 0 Å². The molecule has 0 bridgehead atoms. The van der Waals surface area contributed by atoms with E-state index in [-0.39, 0.29) is 5.78 Å². The Hall–Kier alpha value is -2.01. The van der Waals surface area contributed by atoms with Crippen LogP contribution in [0.15, 0.2) is 35.2 Å². The predicted molar refractivity (Wildman–Crippen MR) is 90.5 cm³/mol. The van der Waals surface area contributed by atoms with Gasteiger partial charge in [-0.05, 0) is 30.7 Å². The van der Waals surface area contributed by atoms with Gasteiger partial charge >= 0.3 is 5.97 Å². The summed E-state index contributed by atoms with van der Waals surface area (Å²) in [6.07, 6.45) is 3.40. The van der Waals surface area contributed by atoms with Gasteiger partial charge in [-0.1, -0.05) is 31.2 Å². The summed E-state index contributed by atoms with van der Waals surface area (Å²) in [5.41, 5.74) is 3.21. The van der Waals surface area contributed by atoms with Crippen LogP contribution in [-0.4, -0.2) is 27.7 Å². The first kappa shape index (κ1) is 15.9. The number of hydrogen-bond acceptors (Lipinski definition) is 3. The lowest BCUT2D eigenvalue weighted by molar-refractivity contribution is -0.138. The number of rotatable bonds is 5. The summed E-state index contributed by atoms with van der Waals surface area (Å²) in [5.74, 6) is -1.36. The van der Waals surface area contributed by atoms with Crippen LogP contribution in [0, 0.1) is 0 Å². The summed E-state index contributed by atoms with van der Waals surface area (Å²) in [6, 6.07) is 9.52. The van der Waals surface area contributed by atoms with Crippen molar-refractivity contribution in [3.05, 3.63) is 52.8 Å². The Morgan fingerprint density at radius 3 is 2.57 bits per heavy atom. The first-order valence-electron chi connectivity index (χ1n) is 7.70. The third-order valence-corrected chi connectivity index (χ3v) is 5.20. The summed E-state index contributed by atoms with van der Waals surface area (Å²) < 4.78 is 1.89. The Balaban J connectivity index is 2.03. The van der Waals surface area contributed by atoms with Crippen LogP contribution in [-0.2, 0) is 17.8 Å². The highest BCUT2D eigenvalue weighted by Crippen LogP contribution is 2.37. The molecule has 1 aromatic carbocycles. The molecule has 4 nitrogen and oxygen atoms in total. The number of ketones is 1. The molecule has 0 amide bonds. The Bertz CT molecular complexity index is 761. The van der Waals surface area contributed by atoms with Gasteiger partial charge in [0.05, 0.1) is 5.92 Å². The molecule has 0 aliphatic carbocycles. The molecule has 1 unspecified atom stereocenters. The van der Waals surface area contributed by atoms with Crippen LogP contribution in [0.25, 0.3) is 0 Å². The maximum Gasteiger partial charge on any atom is 0.312 e. The number of aromatic nitrogens is 1. The number of carboxylic acid groups (broad SMARTS) is 1. The van der Waals surface area contributed by atoms with Crippen molar-refractivity contribution in [1.82, 2.24) is 4.57 Å². The standard InChI is InChI=1S/C18H19NO3S/c1-3-11-4-6-12(7-5-11)17(20)16-15(23-2)10-14-13(18(21)22)8-9-19(14)16/h4-7,10,13H,3,8-9H2,1-2H3,(H,21,22). The summed E-state index contributed by atoms with van der Waals surface area (Å²) >= 11 is 1.49. The number of aryl methyl sites for hydroxylation is 1. The molecule has 1 atom stereocenters. The fraction of sp³-hybridized carbons (Fsp3) is 0.333. The molecule has 0 fully saturated rings. The number of fused-ring (bicyclic) bond motifs is 1. The van der Waals surface area contributed by atoms with Gasteiger partial charge in [-0.2, -0.15) is 0 Å². The van der Waals surface area contributed by atoms with Crippen molar-refractivity contribution < 1.29 is 14.7 Å². The molecule has 0 spiro atoms. The third kappa shape index (κ3) is 2.70. The summed E-state index contributed by atoms with van der Waals surface area (Å²) in [5, 5.41) is 9.34. The molecule has 0 radical (unpaired) electrons. The normalized spacial score (nSPS) is 16.3. The minimum Gasteiger partial charge on any atom is -0.481 e. The van der Waals surface area contributed by atoms with Crippen molar-refractivity contribution in [2.75, 3.05) is 6.26 Å². The van der Waals surface area contributed by atoms with Gasteiger partial charge in [0.2, 0.25) is 5.78 Å². The van der Waals surface area contributed by atoms with E-state index in [1.54, 1.807) is 0 Å². The number of benzene rings is 1. The number of hydrogen-bond donors (Lipinski definition) is 1. The molecule has 2 aromatic rings. The van der Waals surface area contributed by atoms with E-state index in [1.165, 1.54) is 17.3 Å². The minimum atomic E-state index is -0.819. The smallest absolute Gasteiger partial charge is 0.312 e. The van der Waals surface area contributed by atoms with E-state index in [2.05, 4.69) is 6.92 Å². The van der Waals surface area contributed by atoms with Crippen molar-refractivity contribution in [3.8, 4) is 0 Å². The first-order chi connectivity index (χ1) is 11.1. The van der Waals surface area contributed by atoms with Gasteiger partial charge in [0.15, 0.2) is 0 Å². The highest BCUT2D eigenvalue weighted by atomic mass is 32.2. The molecule has 2 heterocycles. The topological polar surface area (TPSA) is 59.3 Å². The molecule has 5 heteroatoms. The second-order valence-electron chi connectivity index (χ2n) is 5.70. The van der Waals surface area contributed by atoms with Crippen LogP contribution < -0.4 is 0 Å². The number of nitrogens with zero attached hydrogens (tertiary/aromatic N) is 1. The van der Waals surface area contributed by atoms with Crippen molar-refractivity contribution in [3.63, 3.8) is 0 Å². The Morgan fingerprint density at radius 2 is 2.00 bits per heavy atom. The van der Waals surface area contributed by atoms with E-state index in [1.807, 2.05) is 41.2 Å². The van der Waals surface area contributed by atoms with Gasteiger partial charge in [0.25, 0.3) is 0 Å². The van der Waals surface area contributed by atoms with Crippen LogP contribution in [0.3, 0.4) is 0 Å². The Labute approximate surface area is 139 Å². The monoisotopic (exact) mass is 329 g/mol. The number of thioether (sulfide) groups is 1. The molecular formula is C18H19NO3S. The van der Waals surface area contributed by atoms with E-state index < -0.39 is 11.9 Å². The van der Waals surface area contributed by atoms with E-state index in [0.29, 0.717) is 24.2 Å². The Morgan fingerprint density at radius 1 is 1.30 bits per heavy atom. The van der Waals surface area contributed by atoms with Crippen LogP contribution in [0.4, 0.5) is 0 Å². The second kappa shape index (κ2) is 6.24. The van der Waals surface area contributed by atoms with Crippen molar-refractivity contribution >= 4 is 23.5 Å². The summed E-state index contributed by atoms with van der Waals surface area (Å²) in [7, 11) is 0. The number of carbonyl (C=O) groups excluding carboxylic acids is 1. The zero-order chi connectivity index (χ0) is 16.6. The molecule has 120 valence electrons. The van der Waals surface area contributed by atoms with E-state index in [0.717, 1.165) is 17.0 Å². The van der Waals surface area contributed by atoms with Gasteiger partial charge in [-0.3, -0.25) is 9.59 Å². The van der Waals surface area contributed by atoms with Gasteiger partial charge < -0.3 is 9.67 Å². The van der Waals surface area contributed by atoms with Crippen LogP contribution in [0.1, 0.15) is 46.6 Å². The highest BCUT2D eigenvalue weighted by Gasteiger charge is 2.34.